The van der Waals surface area contributed by atoms with E-state index in [9.17, 15) is 9.18 Å². The van der Waals surface area contributed by atoms with Crippen LogP contribution in [0, 0.1) is 5.41 Å². The van der Waals surface area contributed by atoms with Gasteiger partial charge in [-0.25, -0.2) is 9.18 Å². The number of alkyl halides is 1. The molecule has 4 heteroatoms. The molecule has 0 unspecified atom stereocenters. The van der Waals surface area contributed by atoms with E-state index in [1.807, 2.05) is 4.90 Å². The minimum Gasteiger partial charge on any atom is -0.325 e. The van der Waals surface area contributed by atoms with Gasteiger partial charge in [0, 0.05) is 20.1 Å². The van der Waals surface area contributed by atoms with Crippen molar-refractivity contribution in [2.45, 2.75) is 19.3 Å². The van der Waals surface area contributed by atoms with Crippen molar-refractivity contribution in [1.82, 2.24) is 9.80 Å². The van der Waals surface area contributed by atoms with E-state index in [2.05, 4.69) is 0 Å². The van der Waals surface area contributed by atoms with Crippen LogP contribution in [0.15, 0.2) is 0 Å². The molecule has 1 saturated heterocycles. The van der Waals surface area contributed by atoms with E-state index in [0.29, 0.717) is 5.41 Å². The molecule has 2 amide bonds. The lowest BCUT2D eigenvalue weighted by atomic mass is 10.1. The SMILES string of the molecule is CN(CCF)C(=O)N1CCC2(CC2)C1. The number of carbonyl (C=O) groups is 1. The van der Waals surface area contributed by atoms with Crippen molar-refractivity contribution in [2.24, 2.45) is 5.41 Å². The van der Waals surface area contributed by atoms with Crippen LogP contribution in [0.5, 0.6) is 0 Å². The van der Waals surface area contributed by atoms with Crippen molar-refractivity contribution < 1.29 is 9.18 Å². The normalized spacial score (nSPS) is 22.9. The van der Waals surface area contributed by atoms with E-state index in [4.69, 9.17) is 0 Å². The summed E-state index contributed by atoms with van der Waals surface area (Å²) in [7, 11) is 1.67. The molecule has 14 heavy (non-hydrogen) atoms. The fraction of sp³-hybridized carbons (Fsp3) is 0.900. The first-order valence-corrected chi connectivity index (χ1v) is 5.23. The molecule has 1 spiro atoms. The van der Waals surface area contributed by atoms with Crippen LogP contribution in [0.25, 0.3) is 0 Å². The van der Waals surface area contributed by atoms with Gasteiger partial charge in [0.1, 0.15) is 6.67 Å². The molecule has 1 aliphatic heterocycles. The Hall–Kier alpha value is -0.800. The standard InChI is InChI=1S/C10H17FN2O/c1-12(7-5-11)9(14)13-6-4-10(8-13)2-3-10/h2-8H2,1H3. The Morgan fingerprint density at radius 1 is 1.50 bits per heavy atom. The zero-order valence-corrected chi connectivity index (χ0v) is 8.63. The zero-order chi connectivity index (χ0) is 10.2. The molecule has 0 aromatic heterocycles. The molecule has 2 aliphatic rings. The second-order valence-electron chi connectivity index (χ2n) is 4.56. The van der Waals surface area contributed by atoms with Crippen LogP contribution >= 0.6 is 0 Å². The Morgan fingerprint density at radius 2 is 2.21 bits per heavy atom. The molecule has 0 aromatic rings. The van der Waals surface area contributed by atoms with Crippen molar-refractivity contribution in [1.29, 1.82) is 0 Å². The summed E-state index contributed by atoms with van der Waals surface area (Å²) in [6.07, 6.45) is 3.68. The lowest BCUT2D eigenvalue weighted by Crippen LogP contribution is -2.40. The van der Waals surface area contributed by atoms with Crippen molar-refractivity contribution in [3.8, 4) is 0 Å². The van der Waals surface area contributed by atoms with E-state index >= 15 is 0 Å². The van der Waals surface area contributed by atoms with Gasteiger partial charge in [0.25, 0.3) is 0 Å². The number of nitrogens with zero attached hydrogens (tertiary/aromatic N) is 2. The first-order valence-electron chi connectivity index (χ1n) is 5.23. The average Bonchev–Trinajstić information content (AvgIpc) is 2.76. The second-order valence-corrected chi connectivity index (χ2v) is 4.56. The van der Waals surface area contributed by atoms with Crippen LogP contribution in [0.3, 0.4) is 0 Å². The summed E-state index contributed by atoms with van der Waals surface area (Å²) in [5.74, 6) is 0. The van der Waals surface area contributed by atoms with Crippen molar-refractivity contribution in [3.05, 3.63) is 0 Å². The molecule has 80 valence electrons. The van der Waals surface area contributed by atoms with Crippen LogP contribution in [0.2, 0.25) is 0 Å². The Kier molecular flexibility index (Phi) is 2.37. The number of carbonyl (C=O) groups excluding carboxylic acids is 1. The first-order chi connectivity index (χ1) is 6.67. The highest BCUT2D eigenvalue weighted by atomic mass is 19.1. The molecule has 1 heterocycles. The Balaban J connectivity index is 1.86. The van der Waals surface area contributed by atoms with Gasteiger partial charge in [-0.1, -0.05) is 0 Å². The molecule has 3 nitrogen and oxygen atoms in total. The van der Waals surface area contributed by atoms with Gasteiger partial charge in [-0.3, -0.25) is 0 Å². The average molecular weight is 200 g/mol. The molecule has 2 rings (SSSR count). The Morgan fingerprint density at radius 3 is 2.71 bits per heavy atom. The third kappa shape index (κ3) is 1.70. The zero-order valence-electron chi connectivity index (χ0n) is 8.63. The van der Waals surface area contributed by atoms with Gasteiger partial charge in [-0.15, -0.1) is 0 Å². The fourth-order valence-corrected chi connectivity index (χ4v) is 2.15. The maximum Gasteiger partial charge on any atom is 0.319 e. The summed E-state index contributed by atoms with van der Waals surface area (Å²) >= 11 is 0. The summed E-state index contributed by atoms with van der Waals surface area (Å²) in [6, 6.07) is -0.00794. The van der Waals surface area contributed by atoms with Gasteiger partial charge in [0.15, 0.2) is 0 Å². The third-order valence-electron chi connectivity index (χ3n) is 3.41. The van der Waals surface area contributed by atoms with Crippen LogP contribution in [-0.2, 0) is 0 Å². The predicted molar refractivity (Wildman–Crippen MR) is 51.9 cm³/mol. The van der Waals surface area contributed by atoms with E-state index < -0.39 is 6.67 Å². The highest BCUT2D eigenvalue weighted by molar-refractivity contribution is 5.74. The Bertz CT molecular complexity index is 240. The van der Waals surface area contributed by atoms with Gasteiger partial charge in [0.2, 0.25) is 0 Å². The first kappa shape index (κ1) is 9.74. The lowest BCUT2D eigenvalue weighted by Gasteiger charge is -2.23. The van der Waals surface area contributed by atoms with Crippen LogP contribution in [-0.4, -0.2) is 49.2 Å². The second kappa shape index (κ2) is 3.41. The number of urea groups is 1. The van der Waals surface area contributed by atoms with Crippen LogP contribution < -0.4 is 0 Å². The van der Waals surface area contributed by atoms with Crippen LogP contribution in [0.4, 0.5) is 9.18 Å². The van der Waals surface area contributed by atoms with Gasteiger partial charge < -0.3 is 9.80 Å². The van der Waals surface area contributed by atoms with E-state index in [1.165, 1.54) is 17.7 Å². The summed E-state index contributed by atoms with van der Waals surface area (Å²) in [4.78, 5) is 15.1. The quantitative estimate of drug-likeness (QED) is 0.662. The van der Waals surface area contributed by atoms with Crippen molar-refractivity contribution in [3.63, 3.8) is 0 Å². The third-order valence-corrected chi connectivity index (χ3v) is 3.41. The van der Waals surface area contributed by atoms with Gasteiger partial charge in [-0.2, -0.15) is 0 Å². The van der Waals surface area contributed by atoms with Crippen molar-refractivity contribution >= 4 is 6.03 Å². The topological polar surface area (TPSA) is 23.6 Å². The molecule has 0 aromatic carbocycles. The summed E-state index contributed by atoms with van der Waals surface area (Å²) < 4.78 is 12.0. The maximum absolute atomic E-state index is 12.0. The highest BCUT2D eigenvalue weighted by Crippen LogP contribution is 2.52. The highest BCUT2D eigenvalue weighted by Gasteiger charge is 2.49. The van der Waals surface area contributed by atoms with E-state index in [-0.39, 0.29) is 12.6 Å². The molecular weight excluding hydrogens is 183 g/mol. The number of amides is 2. The van der Waals surface area contributed by atoms with Crippen LogP contribution in [0.1, 0.15) is 19.3 Å². The monoisotopic (exact) mass is 200 g/mol. The minimum atomic E-state index is -0.457. The summed E-state index contributed by atoms with van der Waals surface area (Å²) in [6.45, 7) is 1.50. The molecule has 2 fully saturated rings. The largest absolute Gasteiger partial charge is 0.325 e. The van der Waals surface area contributed by atoms with E-state index in [1.54, 1.807) is 7.05 Å². The number of halogens is 1. The molecule has 0 N–H and O–H groups in total. The molecule has 1 aliphatic carbocycles. The minimum absolute atomic E-state index is 0.00794. The summed E-state index contributed by atoms with van der Waals surface area (Å²) in [5, 5.41) is 0. The van der Waals surface area contributed by atoms with Gasteiger partial charge in [0.05, 0.1) is 6.54 Å². The molecular formula is C10H17FN2O. The smallest absolute Gasteiger partial charge is 0.319 e. The molecule has 0 radical (unpaired) electrons. The van der Waals surface area contributed by atoms with Gasteiger partial charge in [-0.05, 0) is 24.7 Å². The molecule has 1 saturated carbocycles. The van der Waals surface area contributed by atoms with Gasteiger partial charge >= 0.3 is 6.03 Å². The Labute approximate surface area is 83.9 Å². The number of rotatable bonds is 2. The van der Waals surface area contributed by atoms with Crippen molar-refractivity contribution in [2.75, 3.05) is 33.4 Å². The number of hydrogen-bond acceptors (Lipinski definition) is 1. The maximum atomic E-state index is 12.0. The number of hydrogen-bond donors (Lipinski definition) is 0. The fourth-order valence-electron chi connectivity index (χ4n) is 2.15. The van der Waals surface area contributed by atoms with E-state index in [0.717, 1.165) is 19.5 Å². The number of likely N-dealkylation sites (tertiary alicyclic amines) is 1. The lowest BCUT2D eigenvalue weighted by molar-refractivity contribution is 0.167. The molecule has 0 atom stereocenters. The predicted octanol–water partition coefficient (Wildman–Crippen LogP) is 1.49. The molecule has 0 bridgehead atoms. The summed E-state index contributed by atoms with van der Waals surface area (Å²) in [5.41, 5.74) is 0.464.